The first kappa shape index (κ1) is 18.6. The molecular formula is C20H23NO4S. The molecule has 138 valence electrons. The fraction of sp³-hybridized carbons (Fsp3) is 0.350. The molecule has 1 aromatic rings. The number of fused-ring (bicyclic) bond motifs is 1. The van der Waals surface area contributed by atoms with Crippen LogP contribution in [0.15, 0.2) is 64.1 Å². The number of carbonyl (C=O) groups is 1. The molecule has 5 nitrogen and oxygen atoms in total. The first-order chi connectivity index (χ1) is 12.4. The molecule has 26 heavy (non-hydrogen) atoms. The molecule has 0 N–H and O–H groups in total. The normalized spacial score (nSPS) is 19.5. The highest BCUT2D eigenvalue weighted by molar-refractivity contribution is 7.89. The van der Waals surface area contributed by atoms with E-state index < -0.39 is 10.0 Å². The van der Waals surface area contributed by atoms with E-state index in [0.717, 1.165) is 35.1 Å². The second kappa shape index (κ2) is 7.60. The Bertz CT molecular complexity index is 892. The number of hydrogen-bond donors (Lipinski definition) is 0. The number of nitrogens with zero attached hydrogens (tertiary/aromatic N) is 1. The number of benzene rings is 1. The fourth-order valence-corrected chi connectivity index (χ4v) is 4.56. The molecule has 0 atom stereocenters. The van der Waals surface area contributed by atoms with Crippen LogP contribution < -0.4 is 0 Å². The van der Waals surface area contributed by atoms with Crippen molar-refractivity contribution < 1.29 is 17.9 Å². The molecule has 6 heteroatoms. The van der Waals surface area contributed by atoms with Gasteiger partial charge in [0, 0.05) is 19.2 Å². The lowest BCUT2D eigenvalue weighted by Gasteiger charge is -2.15. The third-order valence-corrected chi connectivity index (χ3v) is 6.34. The Morgan fingerprint density at radius 3 is 2.58 bits per heavy atom. The lowest BCUT2D eigenvalue weighted by Crippen LogP contribution is -2.28. The maximum atomic E-state index is 12.9. The van der Waals surface area contributed by atoms with Crippen LogP contribution in [0.5, 0.6) is 0 Å². The van der Waals surface area contributed by atoms with Gasteiger partial charge in [-0.3, -0.25) is 0 Å². The van der Waals surface area contributed by atoms with E-state index >= 15 is 0 Å². The van der Waals surface area contributed by atoms with Gasteiger partial charge in [0.1, 0.15) is 0 Å². The Hall–Kier alpha value is -2.18. The zero-order valence-corrected chi connectivity index (χ0v) is 15.9. The number of carbonyl (C=O) groups excluding carboxylic acids is 1. The van der Waals surface area contributed by atoms with E-state index in [2.05, 4.69) is 6.08 Å². The summed E-state index contributed by atoms with van der Waals surface area (Å²) >= 11 is 0. The van der Waals surface area contributed by atoms with Crippen molar-refractivity contribution in [2.45, 2.75) is 31.6 Å². The van der Waals surface area contributed by atoms with Crippen LogP contribution in [0.1, 0.15) is 25.3 Å². The van der Waals surface area contributed by atoms with Crippen molar-refractivity contribution in [2.24, 2.45) is 0 Å². The first-order valence-corrected chi connectivity index (χ1v) is 10.2. The third-order valence-electron chi connectivity index (χ3n) is 4.54. The largest absolute Gasteiger partial charge is 0.463 e. The Labute approximate surface area is 154 Å². The molecule has 1 heterocycles. The van der Waals surface area contributed by atoms with Gasteiger partial charge in [-0.2, -0.15) is 4.31 Å². The summed E-state index contributed by atoms with van der Waals surface area (Å²) in [5, 5.41) is 0. The molecule has 0 spiro atoms. The van der Waals surface area contributed by atoms with Crippen molar-refractivity contribution in [1.29, 1.82) is 0 Å². The third kappa shape index (κ3) is 3.97. The minimum atomic E-state index is -3.53. The summed E-state index contributed by atoms with van der Waals surface area (Å²) in [5.41, 5.74) is 3.87. The van der Waals surface area contributed by atoms with Crippen LogP contribution in [0, 0.1) is 6.92 Å². The monoisotopic (exact) mass is 373 g/mol. The molecule has 3 rings (SSSR count). The number of esters is 1. The zero-order chi connectivity index (χ0) is 18.7. The second-order valence-electron chi connectivity index (χ2n) is 6.50. The van der Waals surface area contributed by atoms with Gasteiger partial charge >= 0.3 is 5.97 Å². The standard InChI is InChI=1S/C20H23NO4S/c1-3-25-20(22)12-16-5-4-6-17-13-21(14-18(17)11-16)26(23,24)19-9-7-15(2)8-10-19/h6-12H,3-5,13-14H2,1-2H3/b16-12+. The second-order valence-corrected chi connectivity index (χ2v) is 8.43. The van der Waals surface area contributed by atoms with Gasteiger partial charge in [0.05, 0.1) is 11.5 Å². The topological polar surface area (TPSA) is 63.7 Å². The number of aryl methyl sites for hydroxylation is 1. The number of sulfonamides is 1. The minimum Gasteiger partial charge on any atom is -0.463 e. The van der Waals surface area contributed by atoms with E-state index in [1.807, 2.05) is 13.0 Å². The van der Waals surface area contributed by atoms with E-state index in [1.54, 1.807) is 31.2 Å². The molecule has 0 aromatic heterocycles. The molecule has 0 unspecified atom stereocenters. The summed E-state index contributed by atoms with van der Waals surface area (Å²) in [5.74, 6) is -0.357. The Balaban J connectivity index is 1.84. The highest BCUT2D eigenvalue weighted by Gasteiger charge is 2.32. The van der Waals surface area contributed by atoms with Crippen molar-refractivity contribution >= 4 is 16.0 Å². The van der Waals surface area contributed by atoms with Crippen molar-refractivity contribution in [1.82, 2.24) is 4.31 Å². The molecule has 0 radical (unpaired) electrons. The van der Waals surface area contributed by atoms with Gasteiger partial charge in [-0.05, 0) is 55.5 Å². The van der Waals surface area contributed by atoms with E-state index in [0.29, 0.717) is 24.6 Å². The summed E-state index contributed by atoms with van der Waals surface area (Å²) in [4.78, 5) is 12.0. The van der Waals surface area contributed by atoms with E-state index in [1.165, 1.54) is 10.4 Å². The predicted molar refractivity (Wildman–Crippen MR) is 100 cm³/mol. The van der Waals surface area contributed by atoms with Gasteiger partial charge in [-0.1, -0.05) is 29.8 Å². The molecule has 1 aliphatic heterocycles. The summed E-state index contributed by atoms with van der Waals surface area (Å²) in [6, 6.07) is 6.90. The number of ether oxygens (including phenoxy) is 1. The van der Waals surface area contributed by atoms with Gasteiger partial charge in [0.2, 0.25) is 10.0 Å². The molecule has 1 aliphatic carbocycles. The van der Waals surface area contributed by atoms with E-state index in [9.17, 15) is 13.2 Å². The molecule has 1 saturated heterocycles. The van der Waals surface area contributed by atoms with Gasteiger partial charge in [-0.25, -0.2) is 13.2 Å². The molecular weight excluding hydrogens is 350 g/mol. The Morgan fingerprint density at radius 1 is 1.19 bits per heavy atom. The zero-order valence-electron chi connectivity index (χ0n) is 15.1. The molecule has 0 bridgehead atoms. The lowest BCUT2D eigenvalue weighted by atomic mass is 10.1. The number of allylic oxidation sites excluding steroid dienone is 3. The lowest BCUT2D eigenvalue weighted by molar-refractivity contribution is -0.137. The van der Waals surface area contributed by atoms with Crippen LogP contribution in [0.25, 0.3) is 0 Å². The van der Waals surface area contributed by atoms with Crippen LogP contribution in [-0.4, -0.2) is 38.4 Å². The van der Waals surface area contributed by atoms with Crippen molar-refractivity contribution in [3.8, 4) is 0 Å². The average Bonchev–Trinajstić information content (AvgIpc) is 2.90. The SMILES string of the molecule is CCOC(=O)/C=C1/C=C2CN(S(=O)(=O)c3ccc(C)cc3)CC2=CCC1. The fourth-order valence-electron chi connectivity index (χ4n) is 3.16. The Morgan fingerprint density at radius 2 is 1.88 bits per heavy atom. The van der Waals surface area contributed by atoms with Crippen LogP contribution in [0.2, 0.25) is 0 Å². The number of rotatable bonds is 4. The quantitative estimate of drug-likeness (QED) is 0.601. The highest BCUT2D eigenvalue weighted by Crippen LogP contribution is 2.32. The van der Waals surface area contributed by atoms with Crippen LogP contribution in [0.3, 0.4) is 0 Å². The predicted octanol–water partition coefficient (Wildman–Crippen LogP) is 3.14. The van der Waals surface area contributed by atoms with Gasteiger partial charge in [0.15, 0.2) is 0 Å². The maximum Gasteiger partial charge on any atom is 0.331 e. The first-order valence-electron chi connectivity index (χ1n) is 8.74. The number of hydrogen-bond acceptors (Lipinski definition) is 4. The van der Waals surface area contributed by atoms with Crippen LogP contribution >= 0.6 is 0 Å². The van der Waals surface area contributed by atoms with E-state index in [4.69, 9.17) is 4.74 Å². The molecule has 0 saturated carbocycles. The maximum absolute atomic E-state index is 12.9. The minimum absolute atomic E-state index is 0.308. The van der Waals surface area contributed by atoms with Crippen LogP contribution in [0.4, 0.5) is 0 Å². The molecule has 1 aromatic carbocycles. The average molecular weight is 373 g/mol. The summed E-state index contributed by atoms with van der Waals surface area (Å²) in [6.45, 7) is 4.73. The smallest absolute Gasteiger partial charge is 0.331 e. The van der Waals surface area contributed by atoms with E-state index in [-0.39, 0.29) is 5.97 Å². The molecule has 2 aliphatic rings. The van der Waals surface area contributed by atoms with Gasteiger partial charge in [-0.15, -0.1) is 0 Å². The van der Waals surface area contributed by atoms with Crippen molar-refractivity contribution in [2.75, 3.05) is 19.7 Å². The van der Waals surface area contributed by atoms with Crippen molar-refractivity contribution in [3.63, 3.8) is 0 Å². The van der Waals surface area contributed by atoms with Gasteiger partial charge < -0.3 is 4.74 Å². The Kier molecular flexibility index (Phi) is 5.44. The highest BCUT2D eigenvalue weighted by atomic mass is 32.2. The van der Waals surface area contributed by atoms with Gasteiger partial charge in [0.25, 0.3) is 0 Å². The summed E-state index contributed by atoms with van der Waals surface area (Å²) in [6.07, 6.45) is 7.03. The summed E-state index contributed by atoms with van der Waals surface area (Å²) < 4.78 is 32.3. The molecule has 0 amide bonds. The summed E-state index contributed by atoms with van der Waals surface area (Å²) in [7, 11) is -3.53. The van der Waals surface area contributed by atoms with Crippen LogP contribution in [-0.2, 0) is 19.6 Å². The van der Waals surface area contributed by atoms with Crippen molar-refractivity contribution in [3.05, 3.63) is 64.8 Å². The molecule has 1 fully saturated rings.